The molecule has 23 heavy (non-hydrogen) atoms. The number of benzene rings is 1. The first-order valence-electron chi connectivity index (χ1n) is 8.01. The van der Waals surface area contributed by atoms with Crippen molar-refractivity contribution < 1.29 is 4.79 Å². The van der Waals surface area contributed by atoms with E-state index in [4.69, 9.17) is 0 Å². The summed E-state index contributed by atoms with van der Waals surface area (Å²) in [5.41, 5.74) is 0.871. The molecule has 1 atom stereocenters. The summed E-state index contributed by atoms with van der Waals surface area (Å²) in [5, 5.41) is 12.4. The van der Waals surface area contributed by atoms with E-state index in [9.17, 15) is 4.79 Å². The third-order valence-corrected chi connectivity index (χ3v) is 4.95. The Morgan fingerprint density at radius 1 is 1.35 bits per heavy atom. The number of likely N-dealkylation sites (tertiary alicyclic amines) is 1. The van der Waals surface area contributed by atoms with Gasteiger partial charge in [0.2, 0.25) is 11.7 Å². The predicted octanol–water partition coefficient (Wildman–Crippen LogP) is 2.89. The number of amides is 1. The second-order valence-electron chi connectivity index (χ2n) is 5.77. The second kappa shape index (κ2) is 7.21. The van der Waals surface area contributed by atoms with Gasteiger partial charge >= 0.3 is 0 Å². The number of hydrogen-bond donors (Lipinski definition) is 0. The van der Waals surface area contributed by atoms with Gasteiger partial charge in [-0.1, -0.05) is 35.0 Å². The van der Waals surface area contributed by atoms with Gasteiger partial charge in [-0.3, -0.25) is 4.79 Å². The van der Waals surface area contributed by atoms with Crippen LogP contribution in [0.3, 0.4) is 0 Å². The van der Waals surface area contributed by atoms with Gasteiger partial charge in [0.15, 0.2) is 0 Å². The van der Waals surface area contributed by atoms with Crippen molar-refractivity contribution in [2.45, 2.75) is 45.2 Å². The minimum atomic E-state index is 0.0765. The zero-order valence-corrected chi connectivity index (χ0v) is 14.7. The van der Waals surface area contributed by atoms with Gasteiger partial charge < -0.3 is 4.90 Å². The Labute approximate surface area is 144 Å². The molecule has 3 rings (SSSR count). The first kappa shape index (κ1) is 16.1. The van der Waals surface area contributed by atoms with Gasteiger partial charge in [0.25, 0.3) is 0 Å². The van der Waals surface area contributed by atoms with Crippen LogP contribution < -0.4 is 0 Å². The highest BCUT2D eigenvalue weighted by atomic mass is 79.9. The molecule has 0 aliphatic carbocycles. The largest absolute Gasteiger partial charge is 0.338 e. The monoisotopic (exact) mass is 377 g/mol. The normalized spacial score (nSPS) is 18.2. The number of hydrogen-bond acceptors (Lipinski definition) is 4. The fourth-order valence-electron chi connectivity index (χ4n) is 3.03. The molecule has 0 N–H and O–H groups in total. The van der Waals surface area contributed by atoms with Crippen molar-refractivity contribution in [2.75, 3.05) is 6.54 Å². The van der Waals surface area contributed by atoms with Crippen LogP contribution in [0.15, 0.2) is 28.7 Å². The van der Waals surface area contributed by atoms with Crippen molar-refractivity contribution in [1.29, 1.82) is 0 Å². The molecule has 1 aliphatic rings. The van der Waals surface area contributed by atoms with Crippen LogP contribution >= 0.6 is 15.9 Å². The number of aromatic nitrogens is 4. The zero-order chi connectivity index (χ0) is 16.2. The maximum absolute atomic E-state index is 12.5. The van der Waals surface area contributed by atoms with Gasteiger partial charge in [-0.05, 0) is 43.0 Å². The summed E-state index contributed by atoms with van der Waals surface area (Å²) in [4.78, 5) is 15.9. The Kier molecular flexibility index (Phi) is 5.05. The third-order valence-electron chi connectivity index (χ3n) is 4.26. The Morgan fingerprint density at radius 3 is 2.96 bits per heavy atom. The fraction of sp³-hybridized carbons (Fsp3) is 0.500. The number of halogens is 1. The van der Waals surface area contributed by atoms with E-state index in [1.165, 1.54) is 11.2 Å². The predicted molar refractivity (Wildman–Crippen MR) is 90.6 cm³/mol. The summed E-state index contributed by atoms with van der Waals surface area (Å²) in [6.07, 6.45) is 4.37. The summed E-state index contributed by atoms with van der Waals surface area (Å²) in [6, 6.07) is 8.06. The number of nitrogens with zero attached hydrogens (tertiary/aromatic N) is 5. The van der Waals surface area contributed by atoms with Crippen LogP contribution in [0.5, 0.6) is 0 Å². The molecule has 0 bridgehead atoms. The van der Waals surface area contributed by atoms with Crippen molar-refractivity contribution in [3.63, 3.8) is 0 Å². The molecule has 1 fully saturated rings. The lowest BCUT2D eigenvalue weighted by molar-refractivity contribution is -0.136. The minimum Gasteiger partial charge on any atom is -0.338 e. The first-order chi connectivity index (χ1) is 11.2. The highest BCUT2D eigenvalue weighted by molar-refractivity contribution is 9.10. The van der Waals surface area contributed by atoms with Crippen LogP contribution in [0.25, 0.3) is 11.4 Å². The van der Waals surface area contributed by atoms with Gasteiger partial charge in [-0.25, -0.2) is 0 Å². The van der Waals surface area contributed by atoms with Crippen molar-refractivity contribution in [3.05, 3.63) is 28.7 Å². The van der Waals surface area contributed by atoms with Gasteiger partial charge in [-0.2, -0.15) is 4.80 Å². The third kappa shape index (κ3) is 3.60. The summed E-state index contributed by atoms with van der Waals surface area (Å²) in [5.74, 6) is 0.601. The lowest BCUT2D eigenvalue weighted by atomic mass is 10.00. The number of piperidine rings is 1. The van der Waals surface area contributed by atoms with Crippen molar-refractivity contribution >= 4 is 21.8 Å². The van der Waals surface area contributed by atoms with Crippen molar-refractivity contribution in [2.24, 2.45) is 0 Å². The zero-order valence-electron chi connectivity index (χ0n) is 13.2. The summed E-state index contributed by atoms with van der Waals surface area (Å²) >= 11 is 3.48. The molecule has 1 saturated heterocycles. The number of carbonyl (C=O) groups is 1. The Morgan fingerprint density at radius 2 is 2.17 bits per heavy atom. The van der Waals surface area contributed by atoms with Crippen LogP contribution in [0.2, 0.25) is 0 Å². The summed E-state index contributed by atoms with van der Waals surface area (Å²) in [7, 11) is 0. The fourth-order valence-corrected chi connectivity index (χ4v) is 3.49. The molecule has 6 nitrogen and oxygen atoms in total. The highest BCUT2D eigenvalue weighted by Gasteiger charge is 2.25. The molecule has 2 aromatic rings. The van der Waals surface area contributed by atoms with E-state index in [0.29, 0.717) is 11.9 Å². The van der Waals surface area contributed by atoms with Crippen LogP contribution in [-0.2, 0) is 11.3 Å². The Bertz CT molecular complexity index is 687. The van der Waals surface area contributed by atoms with Gasteiger partial charge in [-0.15, -0.1) is 10.2 Å². The smallest absolute Gasteiger partial charge is 0.246 e. The first-order valence-corrected chi connectivity index (χ1v) is 8.80. The lowest BCUT2D eigenvalue weighted by Crippen LogP contribution is -2.45. The van der Waals surface area contributed by atoms with E-state index >= 15 is 0 Å². The van der Waals surface area contributed by atoms with E-state index in [1.807, 2.05) is 29.2 Å². The lowest BCUT2D eigenvalue weighted by Gasteiger charge is -2.35. The van der Waals surface area contributed by atoms with Crippen LogP contribution in [-0.4, -0.2) is 43.6 Å². The summed E-state index contributed by atoms with van der Waals surface area (Å²) < 4.78 is 0.910. The van der Waals surface area contributed by atoms with E-state index in [1.54, 1.807) is 0 Å². The van der Waals surface area contributed by atoms with Gasteiger partial charge in [0, 0.05) is 22.6 Å². The second-order valence-corrected chi connectivity index (χ2v) is 6.62. The molecule has 2 heterocycles. The average molecular weight is 378 g/mol. The standard InChI is InChI=1S/C16H20BrN5O/c1-2-12-7-5-6-10-21(12)15(23)11-22-19-16(18-20-22)13-8-3-4-9-14(13)17/h3-4,8-9,12H,2,5-7,10-11H2,1H3/t12-/m0/s1. The van der Waals surface area contributed by atoms with Crippen LogP contribution in [0.4, 0.5) is 0 Å². The SMILES string of the molecule is CC[C@H]1CCCCN1C(=O)Cn1nnc(-c2ccccc2Br)n1. The van der Waals surface area contributed by atoms with Crippen molar-refractivity contribution in [1.82, 2.24) is 25.1 Å². The molecule has 1 aliphatic heterocycles. The molecular weight excluding hydrogens is 358 g/mol. The quantitative estimate of drug-likeness (QED) is 0.821. The van der Waals surface area contributed by atoms with E-state index in [0.717, 1.165) is 35.8 Å². The summed E-state index contributed by atoms with van der Waals surface area (Å²) in [6.45, 7) is 3.12. The minimum absolute atomic E-state index is 0.0765. The molecule has 1 aromatic carbocycles. The van der Waals surface area contributed by atoms with Gasteiger partial charge in [0.1, 0.15) is 6.54 Å². The van der Waals surface area contributed by atoms with E-state index in [-0.39, 0.29) is 12.5 Å². The molecular formula is C16H20BrN5O. The maximum atomic E-state index is 12.5. The number of rotatable bonds is 4. The number of carbonyl (C=O) groups excluding carboxylic acids is 1. The van der Waals surface area contributed by atoms with Crippen LogP contribution in [0, 0.1) is 0 Å². The number of tetrazole rings is 1. The molecule has 0 radical (unpaired) electrons. The average Bonchev–Trinajstić information content (AvgIpc) is 3.03. The van der Waals surface area contributed by atoms with Crippen LogP contribution in [0.1, 0.15) is 32.6 Å². The maximum Gasteiger partial charge on any atom is 0.246 e. The Hall–Kier alpha value is -1.76. The molecule has 0 spiro atoms. The highest BCUT2D eigenvalue weighted by Crippen LogP contribution is 2.24. The molecule has 1 aromatic heterocycles. The molecule has 122 valence electrons. The van der Waals surface area contributed by atoms with E-state index < -0.39 is 0 Å². The molecule has 0 unspecified atom stereocenters. The topological polar surface area (TPSA) is 63.9 Å². The Balaban J connectivity index is 1.71. The van der Waals surface area contributed by atoms with Gasteiger partial charge in [0.05, 0.1) is 0 Å². The van der Waals surface area contributed by atoms with E-state index in [2.05, 4.69) is 38.3 Å². The van der Waals surface area contributed by atoms with Crippen molar-refractivity contribution in [3.8, 4) is 11.4 Å². The molecule has 7 heteroatoms. The molecule has 0 saturated carbocycles. The molecule has 1 amide bonds.